The molecular formula is C15H16N2O. The Morgan fingerprint density at radius 3 is 2.61 bits per heavy atom. The number of carbonyl (C=O) groups excluding carboxylic acids is 1. The first kappa shape index (κ1) is 12.3. The average molecular weight is 240 g/mol. The summed E-state index contributed by atoms with van der Waals surface area (Å²) in [5.74, 6) is 0.0427. The third-order valence-corrected chi connectivity index (χ3v) is 2.81. The van der Waals surface area contributed by atoms with E-state index in [0.29, 0.717) is 6.42 Å². The van der Waals surface area contributed by atoms with E-state index in [2.05, 4.69) is 10.3 Å². The van der Waals surface area contributed by atoms with Gasteiger partial charge >= 0.3 is 0 Å². The molecule has 1 aromatic carbocycles. The number of amides is 1. The van der Waals surface area contributed by atoms with Crippen LogP contribution in [0, 0.1) is 6.92 Å². The number of hydrogen-bond acceptors (Lipinski definition) is 2. The molecule has 3 heteroatoms. The van der Waals surface area contributed by atoms with E-state index in [9.17, 15) is 4.79 Å². The van der Waals surface area contributed by atoms with Crippen LogP contribution in [0.5, 0.6) is 0 Å². The zero-order valence-corrected chi connectivity index (χ0v) is 10.4. The lowest BCUT2D eigenvalue weighted by atomic mass is 10.1. The Bertz CT molecular complexity index is 523. The van der Waals surface area contributed by atoms with Crippen LogP contribution in [-0.4, -0.2) is 10.9 Å². The Hall–Kier alpha value is -2.16. The fourth-order valence-corrected chi connectivity index (χ4v) is 1.73. The quantitative estimate of drug-likeness (QED) is 0.892. The number of anilines is 1. The number of nitrogens with zero attached hydrogens (tertiary/aromatic N) is 1. The van der Waals surface area contributed by atoms with Crippen LogP contribution in [-0.2, 0) is 11.2 Å². The van der Waals surface area contributed by atoms with Crippen molar-refractivity contribution in [2.45, 2.75) is 19.8 Å². The minimum absolute atomic E-state index is 0.0427. The molecule has 1 amide bonds. The number of aromatic nitrogens is 1. The average Bonchev–Trinajstić information content (AvgIpc) is 2.40. The molecule has 3 nitrogen and oxygen atoms in total. The lowest BCUT2D eigenvalue weighted by Gasteiger charge is -2.07. The monoisotopic (exact) mass is 240 g/mol. The van der Waals surface area contributed by atoms with E-state index in [1.807, 2.05) is 43.3 Å². The molecule has 0 saturated carbocycles. The summed E-state index contributed by atoms with van der Waals surface area (Å²) in [6.45, 7) is 1.98. The lowest BCUT2D eigenvalue weighted by molar-refractivity contribution is -0.116. The predicted octanol–water partition coefficient (Wildman–Crippen LogP) is 2.96. The minimum Gasteiger partial charge on any atom is -0.326 e. The van der Waals surface area contributed by atoms with Crippen molar-refractivity contribution in [2.24, 2.45) is 0 Å². The van der Waals surface area contributed by atoms with Gasteiger partial charge < -0.3 is 5.32 Å². The fraction of sp³-hybridized carbons (Fsp3) is 0.200. The Morgan fingerprint density at radius 2 is 1.89 bits per heavy atom. The van der Waals surface area contributed by atoms with Crippen LogP contribution in [0.3, 0.4) is 0 Å². The van der Waals surface area contributed by atoms with Gasteiger partial charge in [0.2, 0.25) is 5.91 Å². The molecule has 1 N–H and O–H groups in total. The summed E-state index contributed by atoms with van der Waals surface area (Å²) in [6, 6.07) is 11.6. The molecule has 0 saturated heterocycles. The van der Waals surface area contributed by atoms with Crippen molar-refractivity contribution in [2.75, 3.05) is 5.32 Å². The molecule has 1 aromatic heterocycles. The zero-order chi connectivity index (χ0) is 12.8. The maximum atomic E-state index is 11.8. The summed E-state index contributed by atoms with van der Waals surface area (Å²) < 4.78 is 0. The van der Waals surface area contributed by atoms with Gasteiger partial charge in [-0.25, -0.2) is 0 Å². The molecular weight excluding hydrogens is 224 g/mol. The Kier molecular flexibility index (Phi) is 4.07. The van der Waals surface area contributed by atoms with E-state index in [1.165, 1.54) is 0 Å². The van der Waals surface area contributed by atoms with Crippen molar-refractivity contribution in [1.29, 1.82) is 0 Å². The Labute approximate surface area is 107 Å². The fourth-order valence-electron chi connectivity index (χ4n) is 1.73. The molecule has 0 spiro atoms. The molecule has 0 unspecified atom stereocenters. The number of aryl methyl sites for hydroxylation is 2. The van der Waals surface area contributed by atoms with Gasteiger partial charge in [-0.1, -0.05) is 18.2 Å². The SMILES string of the molecule is Cc1ccccc1NC(=O)CCc1ccncc1. The van der Waals surface area contributed by atoms with Crippen LogP contribution in [0.15, 0.2) is 48.8 Å². The summed E-state index contributed by atoms with van der Waals surface area (Å²) in [5, 5.41) is 2.93. The van der Waals surface area contributed by atoms with E-state index >= 15 is 0 Å². The highest BCUT2D eigenvalue weighted by Crippen LogP contribution is 2.13. The van der Waals surface area contributed by atoms with Gasteiger partial charge in [0.1, 0.15) is 0 Å². The van der Waals surface area contributed by atoms with Crippen molar-refractivity contribution in [3.8, 4) is 0 Å². The van der Waals surface area contributed by atoms with E-state index < -0.39 is 0 Å². The van der Waals surface area contributed by atoms with Crippen molar-refractivity contribution in [1.82, 2.24) is 4.98 Å². The largest absolute Gasteiger partial charge is 0.326 e. The van der Waals surface area contributed by atoms with Gasteiger partial charge in [0, 0.05) is 24.5 Å². The van der Waals surface area contributed by atoms with Gasteiger partial charge in [0.05, 0.1) is 0 Å². The van der Waals surface area contributed by atoms with Gasteiger partial charge in [-0.3, -0.25) is 9.78 Å². The van der Waals surface area contributed by atoms with Gasteiger partial charge in [-0.15, -0.1) is 0 Å². The topological polar surface area (TPSA) is 42.0 Å². The van der Waals surface area contributed by atoms with Gasteiger partial charge in [0.15, 0.2) is 0 Å². The van der Waals surface area contributed by atoms with Crippen LogP contribution in [0.4, 0.5) is 5.69 Å². The number of para-hydroxylation sites is 1. The first-order chi connectivity index (χ1) is 8.75. The number of benzene rings is 1. The summed E-state index contributed by atoms with van der Waals surface area (Å²) in [7, 11) is 0. The second-order valence-electron chi connectivity index (χ2n) is 4.22. The summed E-state index contributed by atoms with van der Waals surface area (Å²) in [6.07, 6.45) is 4.71. The van der Waals surface area contributed by atoms with Crippen LogP contribution in [0.1, 0.15) is 17.5 Å². The third kappa shape index (κ3) is 3.42. The molecule has 2 rings (SSSR count). The first-order valence-electron chi connectivity index (χ1n) is 6.00. The third-order valence-electron chi connectivity index (χ3n) is 2.81. The Balaban J connectivity index is 1.88. The normalized spacial score (nSPS) is 10.1. The van der Waals surface area contributed by atoms with Crippen molar-refractivity contribution in [3.05, 3.63) is 59.9 Å². The van der Waals surface area contributed by atoms with Gasteiger partial charge in [0.25, 0.3) is 0 Å². The highest BCUT2D eigenvalue weighted by molar-refractivity contribution is 5.91. The first-order valence-corrected chi connectivity index (χ1v) is 6.00. The summed E-state index contributed by atoms with van der Waals surface area (Å²) in [5.41, 5.74) is 3.09. The maximum Gasteiger partial charge on any atom is 0.224 e. The molecule has 0 aliphatic rings. The van der Waals surface area contributed by atoms with Gasteiger partial charge in [-0.2, -0.15) is 0 Å². The number of pyridine rings is 1. The van der Waals surface area contributed by atoms with Gasteiger partial charge in [-0.05, 0) is 42.7 Å². The van der Waals surface area contributed by atoms with Crippen molar-refractivity contribution < 1.29 is 4.79 Å². The summed E-state index contributed by atoms with van der Waals surface area (Å²) in [4.78, 5) is 15.8. The van der Waals surface area contributed by atoms with Crippen LogP contribution in [0.25, 0.3) is 0 Å². The van der Waals surface area contributed by atoms with Crippen molar-refractivity contribution >= 4 is 11.6 Å². The van der Waals surface area contributed by atoms with E-state index in [-0.39, 0.29) is 5.91 Å². The van der Waals surface area contributed by atoms with E-state index in [4.69, 9.17) is 0 Å². The molecule has 0 radical (unpaired) electrons. The summed E-state index contributed by atoms with van der Waals surface area (Å²) >= 11 is 0. The zero-order valence-electron chi connectivity index (χ0n) is 10.4. The molecule has 0 aliphatic carbocycles. The number of hydrogen-bond donors (Lipinski definition) is 1. The molecule has 0 atom stereocenters. The molecule has 0 aliphatic heterocycles. The number of nitrogens with one attached hydrogen (secondary N) is 1. The van der Waals surface area contributed by atoms with E-state index in [0.717, 1.165) is 23.2 Å². The molecule has 18 heavy (non-hydrogen) atoms. The molecule has 0 fully saturated rings. The predicted molar refractivity (Wildman–Crippen MR) is 72.4 cm³/mol. The molecule has 2 aromatic rings. The maximum absolute atomic E-state index is 11.8. The number of carbonyl (C=O) groups is 1. The Morgan fingerprint density at radius 1 is 1.17 bits per heavy atom. The molecule has 92 valence electrons. The van der Waals surface area contributed by atoms with E-state index in [1.54, 1.807) is 12.4 Å². The van der Waals surface area contributed by atoms with Crippen LogP contribution >= 0.6 is 0 Å². The number of rotatable bonds is 4. The second-order valence-corrected chi connectivity index (χ2v) is 4.22. The highest BCUT2D eigenvalue weighted by Gasteiger charge is 2.04. The lowest BCUT2D eigenvalue weighted by Crippen LogP contribution is -2.13. The standard InChI is InChI=1S/C15H16N2O/c1-12-4-2-3-5-14(12)17-15(18)7-6-13-8-10-16-11-9-13/h2-5,8-11H,6-7H2,1H3,(H,17,18). The van der Waals surface area contributed by atoms with Crippen LogP contribution < -0.4 is 5.32 Å². The van der Waals surface area contributed by atoms with Crippen LogP contribution in [0.2, 0.25) is 0 Å². The molecule has 0 bridgehead atoms. The smallest absolute Gasteiger partial charge is 0.224 e. The van der Waals surface area contributed by atoms with Crippen molar-refractivity contribution in [3.63, 3.8) is 0 Å². The second kappa shape index (κ2) is 5.96. The minimum atomic E-state index is 0.0427. The highest BCUT2D eigenvalue weighted by atomic mass is 16.1. The molecule has 1 heterocycles.